The van der Waals surface area contributed by atoms with Gasteiger partial charge in [-0.05, 0) is 127 Å². The molecule has 10 nitrogen and oxygen atoms in total. The maximum absolute atomic E-state index is 12.5. The van der Waals surface area contributed by atoms with Gasteiger partial charge in [0.05, 0.1) is 22.6 Å². The Labute approximate surface area is 272 Å². The molecule has 13 heteroatoms. The normalized spacial score (nSPS) is 12.5. The minimum atomic E-state index is -3.66. The molecule has 0 fully saturated rings. The van der Waals surface area contributed by atoms with E-state index >= 15 is 0 Å². The number of halogens is 1. The van der Waals surface area contributed by atoms with Crippen LogP contribution in [-0.4, -0.2) is 51.8 Å². The predicted octanol–water partition coefficient (Wildman–Crippen LogP) is 4.73. The highest BCUT2D eigenvalue weighted by molar-refractivity contribution is 9.10. The molecule has 0 aliphatic carbocycles. The van der Waals surface area contributed by atoms with Crippen LogP contribution >= 0.6 is 15.9 Å². The van der Waals surface area contributed by atoms with Crippen molar-refractivity contribution in [3.8, 4) is 0 Å². The van der Waals surface area contributed by atoms with Crippen molar-refractivity contribution in [2.24, 2.45) is 0 Å². The van der Waals surface area contributed by atoms with Crippen LogP contribution in [0.5, 0.6) is 0 Å². The average molecular weight is 718 g/mol. The Morgan fingerprint density at radius 2 is 1.05 bits per heavy atom. The highest BCUT2D eigenvalue weighted by Gasteiger charge is 2.25. The van der Waals surface area contributed by atoms with Crippen molar-refractivity contribution >= 4 is 47.8 Å². The van der Waals surface area contributed by atoms with Crippen LogP contribution in [0, 0.1) is 6.92 Å². The molecule has 2 aromatic carbocycles. The van der Waals surface area contributed by atoms with E-state index in [1.807, 2.05) is 27.7 Å². The molecular formula is C31H49BrN4O6S2. The van der Waals surface area contributed by atoms with E-state index in [4.69, 9.17) is 0 Å². The summed E-state index contributed by atoms with van der Waals surface area (Å²) in [4.78, 5) is 24.0. The number of hydrogen-bond acceptors (Lipinski definition) is 6. The van der Waals surface area contributed by atoms with Crippen molar-refractivity contribution in [2.75, 3.05) is 0 Å². The van der Waals surface area contributed by atoms with Gasteiger partial charge in [-0.15, -0.1) is 0 Å². The molecule has 2 amide bonds. The van der Waals surface area contributed by atoms with Crippen LogP contribution < -0.4 is 20.1 Å². The molecule has 2 aromatic rings. The summed E-state index contributed by atoms with van der Waals surface area (Å²) in [5.74, 6) is -0.254. The number of nitrogens with one attached hydrogen (secondary N) is 4. The maximum Gasteiger partial charge on any atom is 0.242 e. The monoisotopic (exact) mass is 716 g/mol. The molecule has 0 radical (unpaired) electrons. The molecule has 4 N–H and O–H groups in total. The third-order valence-electron chi connectivity index (χ3n) is 5.34. The van der Waals surface area contributed by atoms with E-state index in [0.29, 0.717) is 21.2 Å². The zero-order valence-electron chi connectivity index (χ0n) is 27.7. The SMILES string of the molecule is CC(C)NC(=O)Cc1ccc(Br)c(S(=O)(=O)NC(C)(C)C)c1.Cc1ccc(CC(=O)NC(C)C)cc1S(=O)(=O)NC(C)(C)C. The van der Waals surface area contributed by atoms with Gasteiger partial charge in [-0.1, -0.05) is 18.2 Å². The summed E-state index contributed by atoms with van der Waals surface area (Å²) in [5.41, 5.74) is 0.845. The number of rotatable bonds is 10. The molecule has 248 valence electrons. The number of carbonyl (C=O) groups is 2. The van der Waals surface area contributed by atoms with Crippen molar-refractivity contribution < 1.29 is 26.4 Å². The molecule has 0 unspecified atom stereocenters. The molecule has 0 aliphatic rings. The Kier molecular flexibility index (Phi) is 14.3. The quantitative estimate of drug-likeness (QED) is 0.279. The Morgan fingerprint density at radius 3 is 1.43 bits per heavy atom. The molecule has 0 aromatic heterocycles. The first-order valence-electron chi connectivity index (χ1n) is 14.4. The van der Waals surface area contributed by atoms with Crippen LogP contribution in [0.15, 0.2) is 50.7 Å². The van der Waals surface area contributed by atoms with Crippen molar-refractivity contribution in [1.82, 2.24) is 20.1 Å². The van der Waals surface area contributed by atoms with E-state index in [1.54, 1.807) is 78.8 Å². The summed E-state index contributed by atoms with van der Waals surface area (Å²) in [7, 11) is -7.27. The standard InChI is InChI=1S/C16H26N2O3S.C15H23BrN2O3S/c1-11(2)17-15(19)10-13-8-7-12(3)14(9-13)22(20,21)18-16(4,5)6;1-10(2)17-14(19)9-11-6-7-12(16)13(8-11)22(20,21)18-15(3,4)5/h7-9,11,18H,10H2,1-6H3,(H,17,19);6-8,10,18H,9H2,1-5H3,(H,17,19). The van der Waals surface area contributed by atoms with Crippen molar-refractivity contribution in [1.29, 1.82) is 0 Å². The number of carbonyl (C=O) groups excluding carboxylic acids is 2. The zero-order valence-corrected chi connectivity index (χ0v) is 30.9. The third kappa shape index (κ3) is 14.6. The fourth-order valence-electron chi connectivity index (χ4n) is 3.94. The van der Waals surface area contributed by atoms with Crippen molar-refractivity contribution in [2.45, 2.75) is 122 Å². The lowest BCUT2D eigenvalue weighted by atomic mass is 10.1. The molecule has 0 heterocycles. The van der Waals surface area contributed by atoms with Gasteiger partial charge < -0.3 is 10.6 Å². The van der Waals surface area contributed by atoms with E-state index in [0.717, 1.165) is 0 Å². The summed E-state index contributed by atoms with van der Waals surface area (Å²) >= 11 is 3.26. The Morgan fingerprint density at radius 1 is 0.682 bits per heavy atom. The molecule has 44 heavy (non-hydrogen) atoms. The smallest absolute Gasteiger partial charge is 0.242 e. The van der Waals surface area contributed by atoms with E-state index in [-0.39, 0.29) is 46.5 Å². The molecule has 0 saturated carbocycles. The lowest BCUT2D eigenvalue weighted by molar-refractivity contribution is -0.121. The fraction of sp³-hybridized carbons (Fsp3) is 0.548. The van der Waals surface area contributed by atoms with Gasteiger partial charge in [-0.2, -0.15) is 0 Å². The first-order chi connectivity index (χ1) is 19.8. The average Bonchev–Trinajstić information content (AvgIpc) is 2.77. The van der Waals surface area contributed by atoms with Crippen molar-refractivity contribution in [3.63, 3.8) is 0 Å². The molecule has 0 saturated heterocycles. The fourth-order valence-corrected chi connectivity index (χ4v) is 8.09. The van der Waals surface area contributed by atoms with Gasteiger partial charge in [0.15, 0.2) is 0 Å². The summed E-state index contributed by atoms with van der Waals surface area (Å²) in [6, 6.07) is 10.1. The summed E-state index contributed by atoms with van der Waals surface area (Å²) in [5, 5.41) is 5.58. The van der Waals surface area contributed by atoms with Gasteiger partial charge in [0, 0.05) is 27.6 Å². The minimum absolute atomic E-state index is 0.0497. The van der Waals surface area contributed by atoms with Crippen LogP contribution in [0.3, 0.4) is 0 Å². The molecule has 0 spiro atoms. The van der Waals surface area contributed by atoms with Gasteiger partial charge in [-0.25, -0.2) is 26.3 Å². The zero-order chi connectivity index (χ0) is 34.3. The largest absolute Gasteiger partial charge is 0.354 e. The van der Waals surface area contributed by atoms with Crippen LogP contribution in [0.1, 0.15) is 85.9 Å². The van der Waals surface area contributed by atoms with E-state index in [9.17, 15) is 26.4 Å². The number of hydrogen-bond donors (Lipinski definition) is 4. The molecular weight excluding hydrogens is 668 g/mol. The van der Waals surface area contributed by atoms with Gasteiger partial charge in [0.1, 0.15) is 0 Å². The van der Waals surface area contributed by atoms with Gasteiger partial charge in [0.25, 0.3) is 0 Å². The molecule has 0 bridgehead atoms. The van der Waals surface area contributed by atoms with E-state index < -0.39 is 31.1 Å². The highest BCUT2D eigenvalue weighted by Crippen LogP contribution is 2.25. The number of amides is 2. The second-order valence-corrected chi connectivity index (χ2v) is 17.5. The van der Waals surface area contributed by atoms with Gasteiger partial charge in [0.2, 0.25) is 31.9 Å². The van der Waals surface area contributed by atoms with E-state index in [2.05, 4.69) is 36.0 Å². The van der Waals surface area contributed by atoms with Crippen molar-refractivity contribution in [3.05, 3.63) is 57.6 Å². The second kappa shape index (κ2) is 15.8. The summed E-state index contributed by atoms with van der Waals surface area (Å²) in [6.45, 7) is 20.0. The Bertz CT molecular complexity index is 1410. The number of sulfonamides is 2. The maximum atomic E-state index is 12.5. The van der Waals surface area contributed by atoms with Crippen LogP contribution in [0.2, 0.25) is 0 Å². The third-order valence-corrected chi connectivity index (χ3v) is 9.99. The van der Waals surface area contributed by atoms with Gasteiger partial charge >= 0.3 is 0 Å². The minimum Gasteiger partial charge on any atom is -0.354 e. The van der Waals surface area contributed by atoms with Crippen LogP contribution in [0.4, 0.5) is 0 Å². The number of benzene rings is 2. The van der Waals surface area contributed by atoms with Gasteiger partial charge in [-0.3, -0.25) is 9.59 Å². The molecule has 2 rings (SSSR count). The first kappa shape index (κ1) is 39.7. The van der Waals surface area contributed by atoms with Crippen LogP contribution in [0.25, 0.3) is 0 Å². The molecule has 0 atom stereocenters. The summed E-state index contributed by atoms with van der Waals surface area (Å²) in [6.07, 6.45) is 0.306. The highest BCUT2D eigenvalue weighted by atomic mass is 79.9. The number of aryl methyl sites for hydroxylation is 1. The Hall–Kier alpha value is -2.32. The van der Waals surface area contributed by atoms with E-state index in [1.165, 1.54) is 6.07 Å². The Balaban J connectivity index is 0.000000440. The lowest BCUT2D eigenvalue weighted by Crippen LogP contribution is -2.40. The van der Waals surface area contributed by atoms with Crippen LogP contribution in [-0.2, 0) is 42.5 Å². The lowest BCUT2D eigenvalue weighted by Gasteiger charge is -2.21. The second-order valence-electron chi connectivity index (χ2n) is 13.4. The first-order valence-corrected chi connectivity index (χ1v) is 18.1. The predicted molar refractivity (Wildman–Crippen MR) is 179 cm³/mol. The summed E-state index contributed by atoms with van der Waals surface area (Å²) < 4.78 is 55.5. The topological polar surface area (TPSA) is 151 Å². The molecule has 0 aliphatic heterocycles.